The van der Waals surface area contributed by atoms with E-state index < -0.39 is 0 Å². The zero-order valence-corrected chi connectivity index (χ0v) is 15.4. The van der Waals surface area contributed by atoms with Crippen LogP contribution in [0.2, 0.25) is 0 Å². The second-order valence-corrected chi connectivity index (χ2v) is 7.29. The molecule has 1 aliphatic heterocycles. The quantitative estimate of drug-likeness (QED) is 0.744. The van der Waals surface area contributed by atoms with Crippen LogP contribution in [0.3, 0.4) is 0 Å². The van der Waals surface area contributed by atoms with Crippen LogP contribution in [-0.4, -0.2) is 36.2 Å². The number of hydrogen-bond donors (Lipinski definition) is 1. The monoisotopic (exact) mass is 369 g/mol. The molecule has 4 rings (SSSR count). The van der Waals surface area contributed by atoms with Gasteiger partial charge in [0.25, 0.3) is 0 Å². The largest absolute Gasteiger partial charge is 0.454 e. The lowest BCUT2D eigenvalue weighted by molar-refractivity contribution is -0.117. The van der Waals surface area contributed by atoms with E-state index in [4.69, 9.17) is 9.47 Å². The van der Waals surface area contributed by atoms with Gasteiger partial charge < -0.3 is 14.8 Å². The van der Waals surface area contributed by atoms with Gasteiger partial charge in [-0.05, 0) is 38.2 Å². The van der Waals surface area contributed by atoms with Gasteiger partial charge in [-0.15, -0.1) is 11.3 Å². The first-order chi connectivity index (χ1) is 12.6. The van der Waals surface area contributed by atoms with E-state index in [2.05, 4.69) is 23.3 Å². The summed E-state index contributed by atoms with van der Waals surface area (Å²) in [6.07, 6.45) is 0. The second kappa shape index (κ2) is 6.93. The molecule has 6 nitrogen and oxygen atoms in total. The fraction of sp³-hybridized carbons (Fsp3) is 0.263. The Bertz CT molecular complexity index is 923. The Labute approximate surface area is 155 Å². The molecule has 0 fully saturated rings. The number of benzene rings is 2. The average molecular weight is 369 g/mol. The third kappa shape index (κ3) is 3.36. The Hall–Kier alpha value is -2.64. The fourth-order valence-corrected chi connectivity index (χ4v) is 3.88. The highest BCUT2D eigenvalue weighted by atomic mass is 32.1. The van der Waals surface area contributed by atoms with Gasteiger partial charge in [-0.25, -0.2) is 4.98 Å². The SMILES string of the molecule is C[C@H](c1nc2ccccc2s1)N(C)CC(=O)Nc1ccc2c(c1)OCO2. The van der Waals surface area contributed by atoms with E-state index in [0.717, 1.165) is 15.2 Å². The molecule has 7 heteroatoms. The van der Waals surface area contributed by atoms with Crippen LogP contribution in [0.5, 0.6) is 11.5 Å². The van der Waals surface area contributed by atoms with E-state index in [-0.39, 0.29) is 25.3 Å². The summed E-state index contributed by atoms with van der Waals surface area (Å²) < 4.78 is 11.8. The summed E-state index contributed by atoms with van der Waals surface area (Å²) in [4.78, 5) is 19.1. The highest BCUT2D eigenvalue weighted by Crippen LogP contribution is 2.34. The van der Waals surface area contributed by atoms with E-state index in [1.807, 2.05) is 36.2 Å². The molecule has 0 bridgehead atoms. The number of para-hydroxylation sites is 1. The van der Waals surface area contributed by atoms with E-state index >= 15 is 0 Å². The molecule has 1 aromatic heterocycles. The number of anilines is 1. The van der Waals surface area contributed by atoms with Gasteiger partial charge in [0.15, 0.2) is 11.5 Å². The smallest absolute Gasteiger partial charge is 0.238 e. The number of carbonyl (C=O) groups is 1. The molecule has 0 spiro atoms. The zero-order chi connectivity index (χ0) is 18.1. The molecule has 2 heterocycles. The number of amides is 1. The topological polar surface area (TPSA) is 63.7 Å². The molecule has 0 radical (unpaired) electrons. The van der Waals surface area contributed by atoms with Crippen molar-refractivity contribution in [3.63, 3.8) is 0 Å². The maximum absolute atomic E-state index is 12.4. The van der Waals surface area contributed by atoms with Crippen molar-refractivity contribution in [2.45, 2.75) is 13.0 Å². The molecule has 0 aliphatic carbocycles. The maximum atomic E-state index is 12.4. The van der Waals surface area contributed by atoms with Crippen molar-refractivity contribution in [1.29, 1.82) is 0 Å². The van der Waals surface area contributed by atoms with Crippen LogP contribution < -0.4 is 14.8 Å². The number of aromatic nitrogens is 1. The number of nitrogens with zero attached hydrogens (tertiary/aromatic N) is 2. The Morgan fingerprint density at radius 1 is 1.27 bits per heavy atom. The predicted molar refractivity (Wildman–Crippen MR) is 102 cm³/mol. The van der Waals surface area contributed by atoms with Gasteiger partial charge >= 0.3 is 0 Å². The molecule has 1 N–H and O–H groups in total. The lowest BCUT2D eigenvalue weighted by Crippen LogP contribution is -2.32. The van der Waals surface area contributed by atoms with Crippen molar-refractivity contribution in [1.82, 2.24) is 9.88 Å². The van der Waals surface area contributed by atoms with Crippen LogP contribution in [0.25, 0.3) is 10.2 Å². The van der Waals surface area contributed by atoms with E-state index in [9.17, 15) is 4.79 Å². The summed E-state index contributed by atoms with van der Waals surface area (Å²) in [5, 5.41) is 3.91. The normalized spacial score (nSPS) is 14.0. The Balaban J connectivity index is 1.40. The summed E-state index contributed by atoms with van der Waals surface area (Å²) in [6.45, 7) is 2.55. The van der Waals surface area contributed by atoms with Gasteiger partial charge in [0.1, 0.15) is 5.01 Å². The maximum Gasteiger partial charge on any atom is 0.238 e. The fourth-order valence-electron chi connectivity index (χ4n) is 2.80. The highest BCUT2D eigenvalue weighted by Gasteiger charge is 2.19. The number of likely N-dealkylation sites (N-methyl/N-ethyl adjacent to an activating group) is 1. The molecular weight excluding hydrogens is 350 g/mol. The third-order valence-corrected chi connectivity index (χ3v) is 5.58. The number of nitrogens with one attached hydrogen (secondary N) is 1. The van der Waals surface area contributed by atoms with Crippen molar-refractivity contribution in [3.05, 3.63) is 47.5 Å². The molecule has 0 saturated heterocycles. The van der Waals surface area contributed by atoms with E-state index in [0.29, 0.717) is 17.2 Å². The average Bonchev–Trinajstić information content (AvgIpc) is 3.26. The first-order valence-electron chi connectivity index (χ1n) is 8.35. The van der Waals surface area contributed by atoms with Crippen LogP contribution in [0.4, 0.5) is 5.69 Å². The summed E-state index contributed by atoms with van der Waals surface area (Å²) in [7, 11) is 1.93. The van der Waals surface area contributed by atoms with Crippen molar-refractivity contribution in [3.8, 4) is 11.5 Å². The van der Waals surface area contributed by atoms with Crippen LogP contribution >= 0.6 is 11.3 Å². The van der Waals surface area contributed by atoms with Crippen molar-refractivity contribution in [2.75, 3.05) is 25.7 Å². The summed E-state index contributed by atoms with van der Waals surface area (Å²) in [5.74, 6) is 1.27. The standard InChI is InChI=1S/C19H19N3O3S/c1-12(19-21-14-5-3-4-6-17(14)26-19)22(2)10-18(23)20-13-7-8-15-16(9-13)25-11-24-15/h3-9,12H,10-11H2,1-2H3,(H,20,23)/t12-/m1/s1. The Morgan fingerprint density at radius 3 is 2.92 bits per heavy atom. The van der Waals surface area contributed by atoms with Crippen LogP contribution in [0.1, 0.15) is 18.0 Å². The minimum absolute atomic E-state index is 0.0508. The van der Waals surface area contributed by atoms with Gasteiger partial charge in [0, 0.05) is 11.8 Å². The molecule has 134 valence electrons. The van der Waals surface area contributed by atoms with Gasteiger partial charge in [0.05, 0.1) is 22.8 Å². The highest BCUT2D eigenvalue weighted by molar-refractivity contribution is 7.18. The van der Waals surface area contributed by atoms with Crippen LogP contribution in [0, 0.1) is 0 Å². The summed E-state index contributed by atoms with van der Waals surface area (Å²) in [6, 6.07) is 13.5. The minimum atomic E-state index is -0.0840. The van der Waals surface area contributed by atoms with Crippen molar-refractivity contribution < 1.29 is 14.3 Å². The lowest BCUT2D eigenvalue weighted by atomic mass is 10.2. The molecule has 0 saturated carbocycles. The third-order valence-electron chi connectivity index (χ3n) is 4.38. The number of fused-ring (bicyclic) bond motifs is 2. The van der Waals surface area contributed by atoms with Gasteiger partial charge in [-0.2, -0.15) is 0 Å². The molecule has 0 unspecified atom stereocenters. The number of hydrogen-bond acceptors (Lipinski definition) is 6. The molecule has 1 amide bonds. The number of ether oxygens (including phenoxy) is 2. The molecule has 26 heavy (non-hydrogen) atoms. The van der Waals surface area contributed by atoms with Crippen LogP contribution in [0.15, 0.2) is 42.5 Å². The molecule has 1 aliphatic rings. The first-order valence-corrected chi connectivity index (χ1v) is 9.17. The predicted octanol–water partition coefficient (Wildman–Crippen LogP) is 3.66. The van der Waals surface area contributed by atoms with Gasteiger partial charge in [-0.1, -0.05) is 12.1 Å². The zero-order valence-electron chi connectivity index (χ0n) is 14.6. The van der Waals surface area contributed by atoms with Gasteiger partial charge in [0.2, 0.25) is 12.7 Å². The first kappa shape index (κ1) is 16.8. The molecule has 3 aromatic rings. The Kier molecular flexibility index (Phi) is 4.48. The van der Waals surface area contributed by atoms with Gasteiger partial charge in [-0.3, -0.25) is 9.69 Å². The lowest BCUT2D eigenvalue weighted by Gasteiger charge is -2.22. The molecule has 1 atom stereocenters. The number of carbonyl (C=O) groups excluding carboxylic acids is 1. The Morgan fingerprint density at radius 2 is 2.08 bits per heavy atom. The summed E-state index contributed by atoms with van der Waals surface area (Å²) in [5.41, 5.74) is 1.69. The number of thiazole rings is 1. The van der Waals surface area contributed by atoms with Crippen molar-refractivity contribution >= 4 is 33.1 Å². The minimum Gasteiger partial charge on any atom is -0.454 e. The summed E-state index contributed by atoms with van der Waals surface area (Å²) >= 11 is 1.66. The van der Waals surface area contributed by atoms with Crippen molar-refractivity contribution in [2.24, 2.45) is 0 Å². The van der Waals surface area contributed by atoms with E-state index in [1.165, 1.54) is 0 Å². The molecule has 2 aromatic carbocycles. The second-order valence-electron chi connectivity index (χ2n) is 6.23. The molecular formula is C19H19N3O3S. The number of rotatable bonds is 5. The van der Waals surface area contributed by atoms with Crippen LogP contribution in [-0.2, 0) is 4.79 Å². The van der Waals surface area contributed by atoms with E-state index in [1.54, 1.807) is 23.5 Å².